The highest BCUT2D eigenvalue weighted by atomic mass is 19.1. The molecule has 23 heavy (non-hydrogen) atoms. The Morgan fingerprint density at radius 3 is 2.57 bits per heavy atom. The molecule has 0 saturated carbocycles. The number of methoxy groups -OCH3 is 1. The van der Waals surface area contributed by atoms with Gasteiger partial charge in [0, 0.05) is 0 Å². The van der Waals surface area contributed by atoms with E-state index >= 15 is 0 Å². The largest absolute Gasteiger partial charge is 0.493 e. The molecule has 2 N–H and O–H groups in total. The number of carboxylic acid groups (broad SMARTS) is 1. The van der Waals surface area contributed by atoms with Gasteiger partial charge < -0.3 is 19.9 Å². The zero-order valence-corrected chi connectivity index (χ0v) is 12.2. The molecule has 120 valence electrons. The van der Waals surface area contributed by atoms with Gasteiger partial charge in [-0.1, -0.05) is 12.1 Å². The standard InChI is InChI=1S/C16H14FNO5/c1-22-14-8-10(16(20)21)6-7-13(14)23-9-15(19)18-12-5-3-2-4-11(12)17/h2-8H,9H2,1H3,(H,18,19)(H,20,21). The number of rotatable bonds is 6. The first-order valence-corrected chi connectivity index (χ1v) is 6.59. The third-order valence-corrected chi connectivity index (χ3v) is 2.92. The van der Waals surface area contributed by atoms with E-state index in [2.05, 4.69) is 5.32 Å². The Morgan fingerprint density at radius 2 is 1.91 bits per heavy atom. The lowest BCUT2D eigenvalue weighted by molar-refractivity contribution is -0.118. The van der Waals surface area contributed by atoms with E-state index in [0.717, 1.165) is 0 Å². The molecule has 0 atom stereocenters. The molecule has 2 rings (SSSR count). The van der Waals surface area contributed by atoms with Crippen molar-refractivity contribution in [1.82, 2.24) is 0 Å². The molecule has 0 radical (unpaired) electrons. The van der Waals surface area contributed by atoms with E-state index < -0.39 is 17.7 Å². The topological polar surface area (TPSA) is 84.9 Å². The number of carbonyl (C=O) groups excluding carboxylic acids is 1. The van der Waals surface area contributed by atoms with Gasteiger partial charge in [0.1, 0.15) is 5.82 Å². The number of hydrogen-bond acceptors (Lipinski definition) is 4. The van der Waals surface area contributed by atoms with E-state index in [0.29, 0.717) is 0 Å². The quantitative estimate of drug-likeness (QED) is 0.855. The molecule has 2 aromatic carbocycles. The van der Waals surface area contributed by atoms with Crippen LogP contribution in [0, 0.1) is 5.82 Å². The fourth-order valence-corrected chi connectivity index (χ4v) is 1.81. The third kappa shape index (κ3) is 4.19. The number of aromatic carboxylic acids is 1. The Bertz CT molecular complexity index is 732. The van der Waals surface area contributed by atoms with Crippen LogP contribution in [-0.2, 0) is 4.79 Å². The van der Waals surface area contributed by atoms with Crippen molar-refractivity contribution in [2.75, 3.05) is 19.0 Å². The Balaban J connectivity index is 2.01. The lowest BCUT2D eigenvalue weighted by Gasteiger charge is -2.11. The fourth-order valence-electron chi connectivity index (χ4n) is 1.81. The van der Waals surface area contributed by atoms with Gasteiger partial charge in [-0.15, -0.1) is 0 Å². The van der Waals surface area contributed by atoms with Crippen molar-refractivity contribution < 1.29 is 28.6 Å². The molecule has 0 bridgehead atoms. The Morgan fingerprint density at radius 1 is 1.17 bits per heavy atom. The fraction of sp³-hybridized carbons (Fsp3) is 0.125. The van der Waals surface area contributed by atoms with Gasteiger partial charge in [-0.25, -0.2) is 9.18 Å². The summed E-state index contributed by atoms with van der Waals surface area (Å²) in [6.45, 7) is -0.378. The molecular weight excluding hydrogens is 305 g/mol. The molecule has 0 aliphatic heterocycles. The summed E-state index contributed by atoms with van der Waals surface area (Å²) >= 11 is 0. The number of halogens is 1. The van der Waals surface area contributed by atoms with Crippen LogP contribution >= 0.6 is 0 Å². The molecule has 0 aliphatic rings. The molecule has 6 nitrogen and oxygen atoms in total. The van der Waals surface area contributed by atoms with E-state index in [1.807, 2.05) is 0 Å². The van der Waals surface area contributed by atoms with Crippen LogP contribution in [0.5, 0.6) is 11.5 Å². The normalized spacial score (nSPS) is 10.0. The SMILES string of the molecule is COc1cc(C(=O)O)ccc1OCC(=O)Nc1ccccc1F. The van der Waals surface area contributed by atoms with E-state index in [1.54, 1.807) is 6.07 Å². The van der Waals surface area contributed by atoms with Crippen molar-refractivity contribution in [1.29, 1.82) is 0 Å². The number of para-hydroxylation sites is 1. The second-order valence-corrected chi connectivity index (χ2v) is 4.49. The predicted molar refractivity (Wildman–Crippen MR) is 80.5 cm³/mol. The molecule has 2 aromatic rings. The summed E-state index contributed by atoms with van der Waals surface area (Å²) in [7, 11) is 1.35. The van der Waals surface area contributed by atoms with Gasteiger partial charge in [-0.3, -0.25) is 4.79 Å². The van der Waals surface area contributed by atoms with E-state index in [4.69, 9.17) is 14.6 Å². The lowest BCUT2D eigenvalue weighted by Crippen LogP contribution is -2.21. The first-order chi connectivity index (χ1) is 11.0. The Hall–Kier alpha value is -3.09. The first-order valence-electron chi connectivity index (χ1n) is 6.59. The summed E-state index contributed by atoms with van der Waals surface area (Å²) in [5, 5.41) is 11.3. The maximum absolute atomic E-state index is 13.4. The van der Waals surface area contributed by atoms with Crippen LogP contribution in [-0.4, -0.2) is 30.7 Å². The predicted octanol–water partition coefficient (Wildman–Crippen LogP) is 2.55. The van der Waals surface area contributed by atoms with E-state index in [9.17, 15) is 14.0 Å². The van der Waals surface area contributed by atoms with Crippen LogP contribution in [0.15, 0.2) is 42.5 Å². The molecule has 0 spiro atoms. The highest BCUT2D eigenvalue weighted by molar-refractivity contribution is 5.92. The number of anilines is 1. The van der Waals surface area contributed by atoms with Crippen LogP contribution in [0.3, 0.4) is 0 Å². The Kier molecular flexibility index (Phi) is 5.14. The van der Waals surface area contributed by atoms with Gasteiger partial charge in [-0.2, -0.15) is 0 Å². The zero-order valence-electron chi connectivity index (χ0n) is 12.2. The minimum absolute atomic E-state index is 0.0324. The van der Waals surface area contributed by atoms with Gasteiger partial charge in [-0.05, 0) is 30.3 Å². The van der Waals surface area contributed by atoms with Crippen molar-refractivity contribution in [3.05, 3.63) is 53.8 Å². The summed E-state index contributed by atoms with van der Waals surface area (Å²) in [5.41, 5.74) is 0.0827. The Labute approximate surface area is 131 Å². The molecule has 0 aliphatic carbocycles. The van der Waals surface area contributed by atoms with Crippen molar-refractivity contribution in [2.24, 2.45) is 0 Å². The monoisotopic (exact) mass is 319 g/mol. The molecule has 0 heterocycles. The third-order valence-electron chi connectivity index (χ3n) is 2.92. The van der Waals surface area contributed by atoms with Gasteiger partial charge in [0.15, 0.2) is 18.1 Å². The summed E-state index contributed by atoms with van der Waals surface area (Å²) in [6, 6.07) is 9.75. The summed E-state index contributed by atoms with van der Waals surface area (Å²) in [6.07, 6.45) is 0. The molecule has 0 aromatic heterocycles. The molecular formula is C16H14FNO5. The van der Waals surface area contributed by atoms with Crippen molar-refractivity contribution >= 4 is 17.6 Å². The molecule has 0 fully saturated rings. The number of amides is 1. The number of nitrogens with one attached hydrogen (secondary N) is 1. The van der Waals surface area contributed by atoms with Gasteiger partial charge in [0.25, 0.3) is 5.91 Å². The van der Waals surface area contributed by atoms with Crippen molar-refractivity contribution in [3.8, 4) is 11.5 Å². The van der Waals surface area contributed by atoms with Crippen LogP contribution in [0.25, 0.3) is 0 Å². The van der Waals surface area contributed by atoms with Crippen molar-refractivity contribution in [2.45, 2.75) is 0 Å². The minimum Gasteiger partial charge on any atom is -0.493 e. The summed E-state index contributed by atoms with van der Waals surface area (Å²) in [5.74, 6) is -1.82. The molecule has 0 saturated heterocycles. The van der Waals surface area contributed by atoms with Crippen LogP contribution < -0.4 is 14.8 Å². The highest BCUT2D eigenvalue weighted by Crippen LogP contribution is 2.28. The second-order valence-electron chi connectivity index (χ2n) is 4.49. The maximum Gasteiger partial charge on any atom is 0.335 e. The average molecular weight is 319 g/mol. The highest BCUT2D eigenvalue weighted by Gasteiger charge is 2.12. The van der Waals surface area contributed by atoms with E-state index in [-0.39, 0.29) is 29.4 Å². The number of ether oxygens (including phenoxy) is 2. The lowest BCUT2D eigenvalue weighted by atomic mass is 10.2. The minimum atomic E-state index is -1.10. The number of carboxylic acids is 1. The van der Waals surface area contributed by atoms with Gasteiger partial charge >= 0.3 is 5.97 Å². The molecule has 1 amide bonds. The first kappa shape index (κ1) is 16.3. The average Bonchev–Trinajstić information content (AvgIpc) is 2.54. The second kappa shape index (κ2) is 7.26. The number of benzene rings is 2. The van der Waals surface area contributed by atoms with Gasteiger partial charge in [0.2, 0.25) is 0 Å². The summed E-state index contributed by atoms with van der Waals surface area (Å²) < 4.78 is 23.7. The van der Waals surface area contributed by atoms with Gasteiger partial charge in [0.05, 0.1) is 18.4 Å². The molecule has 7 heteroatoms. The summed E-state index contributed by atoms with van der Waals surface area (Å²) in [4.78, 5) is 22.7. The number of hydrogen-bond donors (Lipinski definition) is 2. The van der Waals surface area contributed by atoms with Crippen LogP contribution in [0.2, 0.25) is 0 Å². The smallest absolute Gasteiger partial charge is 0.335 e. The number of carbonyl (C=O) groups is 2. The van der Waals surface area contributed by atoms with Crippen LogP contribution in [0.1, 0.15) is 10.4 Å². The zero-order chi connectivity index (χ0) is 16.8. The maximum atomic E-state index is 13.4. The van der Waals surface area contributed by atoms with Crippen LogP contribution in [0.4, 0.5) is 10.1 Å². The van der Waals surface area contributed by atoms with E-state index in [1.165, 1.54) is 43.5 Å². The molecule has 0 unspecified atom stereocenters. The van der Waals surface area contributed by atoms with Crippen molar-refractivity contribution in [3.63, 3.8) is 0 Å².